The van der Waals surface area contributed by atoms with Crippen LogP contribution in [0.4, 0.5) is 0 Å². The van der Waals surface area contributed by atoms with Crippen LogP contribution in [0.3, 0.4) is 0 Å². The highest BCUT2D eigenvalue weighted by Gasteiger charge is 2.27. The number of H-pyrrole nitrogens is 1. The molecular formula is C18H25ClN4O3. The molecule has 7 nitrogen and oxygen atoms in total. The number of hydrogen-bond donors (Lipinski definition) is 2. The van der Waals surface area contributed by atoms with E-state index in [1.807, 2.05) is 33.7 Å². The number of carbonyl (C=O) groups excluding carboxylic acids is 1. The van der Waals surface area contributed by atoms with E-state index in [0.29, 0.717) is 26.1 Å². The summed E-state index contributed by atoms with van der Waals surface area (Å²) < 4.78 is 7.48. The van der Waals surface area contributed by atoms with Crippen molar-refractivity contribution in [3.8, 4) is 0 Å². The van der Waals surface area contributed by atoms with Crippen LogP contribution in [0.5, 0.6) is 0 Å². The molecule has 0 radical (unpaired) electrons. The molecule has 0 spiro atoms. The second kappa shape index (κ2) is 8.24. The van der Waals surface area contributed by atoms with Gasteiger partial charge < -0.3 is 19.9 Å². The number of piperidine rings is 1. The minimum Gasteiger partial charge on any atom is -0.375 e. The Hall–Kier alpha value is -1.83. The van der Waals surface area contributed by atoms with Gasteiger partial charge >= 0.3 is 5.69 Å². The van der Waals surface area contributed by atoms with Gasteiger partial charge in [0.25, 0.3) is 0 Å². The average molecular weight is 381 g/mol. The first-order valence-electron chi connectivity index (χ1n) is 9.02. The third-order valence-corrected chi connectivity index (χ3v) is 5.21. The Labute approximate surface area is 158 Å². The van der Waals surface area contributed by atoms with Gasteiger partial charge in [0.2, 0.25) is 5.91 Å². The lowest BCUT2D eigenvalue weighted by Gasteiger charge is -2.34. The number of benzene rings is 1. The number of hydrogen-bond acceptors (Lipinski definition) is 4. The van der Waals surface area contributed by atoms with Crippen molar-refractivity contribution in [1.29, 1.82) is 0 Å². The number of nitrogens with one attached hydrogen (secondary N) is 2. The van der Waals surface area contributed by atoms with E-state index >= 15 is 0 Å². The van der Waals surface area contributed by atoms with Crippen LogP contribution < -0.4 is 11.0 Å². The van der Waals surface area contributed by atoms with E-state index in [9.17, 15) is 9.59 Å². The van der Waals surface area contributed by atoms with Gasteiger partial charge in [-0.2, -0.15) is 0 Å². The van der Waals surface area contributed by atoms with Crippen LogP contribution in [0.2, 0.25) is 0 Å². The first kappa shape index (κ1) is 18.9. The fourth-order valence-corrected chi connectivity index (χ4v) is 3.88. The highest BCUT2D eigenvalue weighted by Crippen LogP contribution is 2.25. The molecule has 0 bridgehead atoms. The Morgan fingerprint density at radius 1 is 1.23 bits per heavy atom. The zero-order valence-corrected chi connectivity index (χ0v) is 15.5. The van der Waals surface area contributed by atoms with Crippen LogP contribution in [-0.2, 0) is 9.53 Å². The van der Waals surface area contributed by atoms with Crippen molar-refractivity contribution in [2.75, 3.05) is 32.8 Å². The van der Waals surface area contributed by atoms with Crippen LogP contribution >= 0.6 is 12.4 Å². The molecule has 1 amide bonds. The number of morpholine rings is 1. The summed E-state index contributed by atoms with van der Waals surface area (Å²) in [6.07, 6.45) is 2.02. The lowest BCUT2D eigenvalue weighted by atomic mass is 10.0. The molecule has 4 rings (SSSR count). The summed E-state index contributed by atoms with van der Waals surface area (Å²) in [7, 11) is 0. The van der Waals surface area contributed by atoms with Gasteiger partial charge in [0.05, 0.1) is 30.2 Å². The molecule has 3 heterocycles. The van der Waals surface area contributed by atoms with E-state index in [1.165, 1.54) is 0 Å². The molecule has 1 aromatic carbocycles. The molecule has 26 heavy (non-hydrogen) atoms. The third kappa shape index (κ3) is 3.79. The molecule has 2 aliphatic rings. The monoisotopic (exact) mass is 380 g/mol. The molecule has 142 valence electrons. The van der Waals surface area contributed by atoms with Crippen molar-refractivity contribution < 1.29 is 9.53 Å². The molecule has 0 aliphatic carbocycles. The standard InChI is InChI=1S/C18H24N4O3.ClH/c23-17(11-14-12-19-7-10-25-14)21-8-5-13(6-9-21)22-16-4-2-1-3-15(16)20-18(22)24;/h1-4,13-14,19H,5-12H2,(H,20,24);1H. The molecule has 1 unspecified atom stereocenters. The van der Waals surface area contributed by atoms with E-state index in [0.717, 1.165) is 37.0 Å². The predicted molar refractivity (Wildman–Crippen MR) is 102 cm³/mol. The summed E-state index contributed by atoms with van der Waals surface area (Å²) in [6.45, 7) is 3.65. The first-order chi connectivity index (χ1) is 12.2. The minimum absolute atomic E-state index is 0. The number of aromatic amines is 1. The highest BCUT2D eigenvalue weighted by atomic mass is 35.5. The maximum absolute atomic E-state index is 12.5. The van der Waals surface area contributed by atoms with E-state index in [-0.39, 0.29) is 36.1 Å². The summed E-state index contributed by atoms with van der Waals surface area (Å²) in [6, 6.07) is 7.90. The van der Waals surface area contributed by atoms with Gasteiger partial charge in [0.15, 0.2) is 0 Å². The average Bonchev–Trinajstić information content (AvgIpc) is 2.98. The summed E-state index contributed by atoms with van der Waals surface area (Å²) in [5.41, 5.74) is 1.75. The molecular weight excluding hydrogens is 356 g/mol. The van der Waals surface area contributed by atoms with Gasteiger partial charge in [0, 0.05) is 32.2 Å². The normalized spacial score (nSPS) is 21.5. The number of likely N-dealkylation sites (tertiary alicyclic amines) is 1. The maximum atomic E-state index is 12.5. The number of rotatable bonds is 3. The van der Waals surface area contributed by atoms with Crippen LogP contribution in [-0.4, -0.2) is 59.2 Å². The van der Waals surface area contributed by atoms with Crippen LogP contribution in [0.1, 0.15) is 25.3 Å². The van der Waals surface area contributed by atoms with Crippen LogP contribution in [0, 0.1) is 0 Å². The number of halogens is 1. The zero-order chi connectivity index (χ0) is 17.2. The lowest BCUT2D eigenvalue weighted by Crippen LogP contribution is -2.45. The Balaban J connectivity index is 0.00000196. The van der Waals surface area contributed by atoms with Crippen LogP contribution in [0.15, 0.2) is 29.1 Å². The Bertz CT molecular complexity index is 804. The molecule has 2 N–H and O–H groups in total. The summed E-state index contributed by atoms with van der Waals surface area (Å²) >= 11 is 0. The van der Waals surface area contributed by atoms with Crippen molar-refractivity contribution in [2.45, 2.75) is 31.4 Å². The molecule has 2 fully saturated rings. The van der Waals surface area contributed by atoms with E-state index in [2.05, 4.69) is 10.3 Å². The number of imidazole rings is 1. The van der Waals surface area contributed by atoms with Crippen molar-refractivity contribution in [3.63, 3.8) is 0 Å². The second-order valence-electron chi connectivity index (χ2n) is 6.83. The summed E-state index contributed by atoms with van der Waals surface area (Å²) in [5.74, 6) is 0.151. The minimum atomic E-state index is -0.0624. The third-order valence-electron chi connectivity index (χ3n) is 5.21. The van der Waals surface area contributed by atoms with Crippen molar-refractivity contribution >= 4 is 29.3 Å². The fourth-order valence-electron chi connectivity index (χ4n) is 3.88. The topological polar surface area (TPSA) is 79.4 Å². The van der Waals surface area contributed by atoms with Gasteiger partial charge in [0.1, 0.15) is 0 Å². The van der Waals surface area contributed by atoms with Crippen molar-refractivity contribution in [1.82, 2.24) is 19.8 Å². The summed E-state index contributed by atoms with van der Waals surface area (Å²) in [4.78, 5) is 29.6. The molecule has 1 atom stereocenters. The Kier molecular flexibility index (Phi) is 6.01. The predicted octanol–water partition coefficient (Wildman–Crippen LogP) is 1.29. The molecule has 8 heteroatoms. The zero-order valence-electron chi connectivity index (χ0n) is 14.6. The number of nitrogens with zero attached hydrogens (tertiary/aromatic N) is 2. The molecule has 2 saturated heterocycles. The number of para-hydroxylation sites is 2. The Morgan fingerprint density at radius 3 is 2.73 bits per heavy atom. The summed E-state index contributed by atoms with van der Waals surface area (Å²) in [5, 5.41) is 3.25. The van der Waals surface area contributed by atoms with E-state index in [4.69, 9.17) is 4.74 Å². The lowest BCUT2D eigenvalue weighted by molar-refractivity contribution is -0.136. The smallest absolute Gasteiger partial charge is 0.326 e. The number of carbonyl (C=O) groups is 1. The van der Waals surface area contributed by atoms with Gasteiger partial charge in [-0.15, -0.1) is 12.4 Å². The van der Waals surface area contributed by atoms with Crippen LogP contribution in [0.25, 0.3) is 11.0 Å². The molecule has 2 aliphatic heterocycles. The van der Waals surface area contributed by atoms with Gasteiger partial charge in [-0.25, -0.2) is 4.79 Å². The van der Waals surface area contributed by atoms with E-state index < -0.39 is 0 Å². The van der Waals surface area contributed by atoms with Gasteiger partial charge in [-0.05, 0) is 25.0 Å². The largest absolute Gasteiger partial charge is 0.375 e. The van der Waals surface area contributed by atoms with Crippen molar-refractivity contribution in [2.24, 2.45) is 0 Å². The fraction of sp³-hybridized carbons (Fsp3) is 0.556. The van der Waals surface area contributed by atoms with Gasteiger partial charge in [-0.3, -0.25) is 9.36 Å². The van der Waals surface area contributed by atoms with E-state index in [1.54, 1.807) is 0 Å². The second-order valence-corrected chi connectivity index (χ2v) is 6.83. The van der Waals surface area contributed by atoms with Crippen molar-refractivity contribution in [3.05, 3.63) is 34.7 Å². The SMILES string of the molecule is Cl.O=C(CC1CNCCO1)N1CCC(n2c(=O)[nH]c3ccccc32)CC1. The Morgan fingerprint density at radius 2 is 2.00 bits per heavy atom. The number of fused-ring (bicyclic) bond motifs is 1. The number of ether oxygens (including phenoxy) is 1. The number of amides is 1. The molecule has 2 aromatic rings. The molecule has 0 saturated carbocycles. The van der Waals surface area contributed by atoms with Gasteiger partial charge in [-0.1, -0.05) is 12.1 Å². The first-order valence-corrected chi connectivity index (χ1v) is 9.02. The number of aromatic nitrogens is 2. The quantitative estimate of drug-likeness (QED) is 0.841. The highest BCUT2D eigenvalue weighted by molar-refractivity contribution is 5.85. The maximum Gasteiger partial charge on any atom is 0.326 e. The molecule has 1 aromatic heterocycles.